The van der Waals surface area contributed by atoms with Crippen molar-refractivity contribution in [1.29, 1.82) is 0 Å². The first-order valence-corrected chi connectivity index (χ1v) is 39.3. The van der Waals surface area contributed by atoms with Gasteiger partial charge in [-0.2, -0.15) is 0 Å². The van der Waals surface area contributed by atoms with Crippen LogP contribution in [-0.2, 0) is 65.4 Å². The van der Waals surface area contributed by atoms with Crippen molar-refractivity contribution in [2.45, 2.75) is 363 Å². The smallest absolute Gasteiger partial charge is 0.462 e. The van der Waals surface area contributed by atoms with Gasteiger partial charge in [-0.1, -0.05) is 293 Å². The Morgan fingerprint density at radius 1 is 0.315 bits per heavy atom. The molecule has 0 aliphatic carbocycles. The number of aliphatic hydroxyl groups is 1. The normalized spacial score (nSPS) is 14.9. The van der Waals surface area contributed by atoms with E-state index >= 15 is 0 Å². The van der Waals surface area contributed by atoms with Crippen molar-refractivity contribution in [3.8, 4) is 0 Å². The number of rotatable bonds is 67. The standard InChI is InChI=1S/C70H136O17P2/c1-9-62(7)48-40-32-24-18-15-16-19-25-34-42-50-67(72)80-57-66(87-70(75)53-45-37-29-28-33-41-49-63(8)10-2)59-85-89(78,79)83-55-64(71)54-82-88(76,77)84-58-65(56-81-68(73)51-43-35-27-21-23-31-39-47-61(5)6)86-69(74)52-44-36-26-20-14-12-11-13-17-22-30-38-46-60(3)4/h60-66,71H,9-59H2,1-8H3,(H,76,77)(H,78,79)/t62?,63?,64?,65-,66-/m1/s1. The third kappa shape index (κ3) is 62.0. The lowest BCUT2D eigenvalue weighted by molar-refractivity contribution is -0.161. The van der Waals surface area contributed by atoms with Crippen LogP contribution in [0.15, 0.2) is 0 Å². The van der Waals surface area contributed by atoms with Crippen LogP contribution >= 0.6 is 15.6 Å². The van der Waals surface area contributed by atoms with Crippen LogP contribution in [0.1, 0.15) is 344 Å². The van der Waals surface area contributed by atoms with E-state index in [1.807, 2.05) is 0 Å². The first-order chi connectivity index (χ1) is 42.7. The van der Waals surface area contributed by atoms with Gasteiger partial charge in [0, 0.05) is 25.7 Å². The van der Waals surface area contributed by atoms with E-state index < -0.39 is 97.5 Å². The predicted molar refractivity (Wildman–Crippen MR) is 358 cm³/mol. The number of esters is 4. The number of phosphoric ester groups is 2. The lowest BCUT2D eigenvalue weighted by Gasteiger charge is -2.21. The van der Waals surface area contributed by atoms with Gasteiger partial charge in [-0.05, 0) is 49.4 Å². The average molecular weight is 1310 g/mol. The molecule has 89 heavy (non-hydrogen) atoms. The van der Waals surface area contributed by atoms with E-state index in [0.717, 1.165) is 114 Å². The summed E-state index contributed by atoms with van der Waals surface area (Å²) in [5, 5.41) is 10.6. The summed E-state index contributed by atoms with van der Waals surface area (Å²) in [5.74, 6) is 0.879. The van der Waals surface area contributed by atoms with Gasteiger partial charge in [-0.25, -0.2) is 9.13 Å². The molecule has 0 aromatic carbocycles. The van der Waals surface area contributed by atoms with Gasteiger partial charge in [-0.15, -0.1) is 0 Å². The Morgan fingerprint density at radius 2 is 0.539 bits per heavy atom. The predicted octanol–water partition coefficient (Wildman–Crippen LogP) is 19.7. The summed E-state index contributed by atoms with van der Waals surface area (Å²) in [6.45, 7) is 14.1. The van der Waals surface area contributed by atoms with Crippen LogP contribution in [0, 0.1) is 23.7 Å². The van der Waals surface area contributed by atoms with Crippen LogP contribution in [0.3, 0.4) is 0 Å². The van der Waals surface area contributed by atoms with Crippen molar-refractivity contribution in [2.24, 2.45) is 23.7 Å². The number of carbonyl (C=O) groups excluding carboxylic acids is 4. The fourth-order valence-electron chi connectivity index (χ4n) is 10.4. The number of hydrogen-bond donors (Lipinski definition) is 3. The third-order valence-corrected chi connectivity index (χ3v) is 18.7. The van der Waals surface area contributed by atoms with Gasteiger partial charge < -0.3 is 33.8 Å². The summed E-state index contributed by atoms with van der Waals surface area (Å²) in [7, 11) is -9.90. The Balaban J connectivity index is 5.24. The van der Waals surface area contributed by atoms with Gasteiger partial charge in [0.05, 0.1) is 26.4 Å². The summed E-state index contributed by atoms with van der Waals surface area (Å²) < 4.78 is 68.3. The maximum atomic E-state index is 13.0. The first kappa shape index (κ1) is 87.1. The van der Waals surface area contributed by atoms with E-state index in [2.05, 4.69) is 55.4 Å². The molecule has 5 unspecified atom stereocenters. The molecule has 0 aromatic heterocycles. The number of ether oxygens (including phenoxy) is 4. The molecule has 0 radical (unpaired) electrons. The Morgan fingerprint density at radius 3 is 0.798 bits per heavy atom. The molecule has 0 spiro atoms. The van der Waals surface area contributed by atoms with Crippen molar-refractivity contribution in [3.63, 3.8) is 0 Å². The van der Waals surface area contributed by atoms with Crippen LogP contribution in [0.4, 0.5) is 0 Å². The Hall–Kier alpha value is -1.94. The van der Waals surface area contributed by atoms with Crippen LogP contribution in [0.2, 0.25) is 0 Å². The van der Waals surface area contributed by atoms with Crippen molar-refractivity contribution in [1.82, 2.24) is 0 Å². The molecule has 528 valence electrons. The number of carbonyl (C=O) groups is 4. The van der Waals surface area contributed by atoms with Crippen LogP contribution in [-0.4, -0.2) is 96.7 Å². The van der Waals surface area contributed by atoms with Gasteiger partial charge in [0.2, 0.25) is 0 Å². The highest BCUT2D eigenvalue weighted by atomic mass is 31.2. The Kier molecular flexibility index (Phi) is 58.5. The fraction of sp³-hybridized carbons (Fsp3) is 0.943. The molecular weight excluding hydrogens is 1170 g/mol. The summed E-state index contributed by atoms with van der Waals surface area (Å²) in [6.07, 6.45) is 41.7. The molecule has 0 bridgehead atoms. The largest absolute Gasteiger partial charge is 0.472 e. The quantitative estimate of drug-likeness (QED) is 0.0222. The Bertz CT molecular complexity index is 1770. The van der Waals surface area contributed by atoms with E-state index in [4.69, 9.17) is 37.0 Å². The summed E-state index contributed by atoms with van der Waals surface area (Å²) in [4.78, 5) is 72.5. The second kappa shape index (κ2) is 59.8. The number of hydrogen-bond acceptors (Lipinski definition) is 15. The Labute approximate surface area is 543 Å². The summed E-state index contributed by atoms with van der Waals surface area (Å²) >= 11 is 0. The van der Waals surface area contributed by atoms with Gasteiger partial charge in [0.15, 0.2) is 12.2 Å². The van der Waals surface area contributed by atoms with Gasteiger partial charge in [-0.3, -0.25) is 37.3 Å². The van der Waals surface area contributed by atoms with E-state index in [9.17, 15) is 43.2 Å². The zero-order valence-electron chi connectivity index (χ0n) is 58.1. The van der Waals surface area contributed by atoms with Crippen molar-refractivity contribution < 1.29 is 80.2 Å². The topological polar surface area (TPSA) is 237 Å². The van der Waals surface area contributed by atoms with E-state index in [1.165, 1.54) is 141 Å². The maximum Gasteiger partial charge on any atom is 0.472 e. The second-order valence-corrected chi connectivity index (χ2v) is 29.6. The monoisotopic (exact) mass is 1310 g/mol. The number of phosphoric acid groups is 2. The average Bonchev–Trinajstić information content (AvgIpc) is 3.55. The molecule has 0 aromatic rings. The summed E-state index contributed by atoms with van der Waals surface area (Å²) in [6, 6.07) is 0. The van der Waals surface area contributed by atoms with Crippen molar-refractivity contribution >= 4 is 39.5 Å². The lowest BCUT2D eigenvalue weighted by Crippen LogP contribution is -2.30. The molecule has 7 atom stereocenters. The number of aliphatic hydroxyl groups excluding tert-OH is 1. The van der Waals surface area contributed by atoms with Gasteiger partial charge in [0.25, 0.3) is 0 Å². The first-order valence-electron chi connectivity index (χ1n) is 36.3. The molecule has 0 rings (SSSR count). The molecule has 0 saturated carbocycles. The van der Waals surface area contributed by atoms with Gasteiger partial charge in [0.1, 0.15) is 19.3 Å². The molecule has 0 fully saturated rings. The highest BCUT2D eigenvalue weighted by Gasteiger charge is 2.30. The molecule has 3 N–H and O–H groups in total. The van der Waals surface area contributed by atoms with Gasteiger partial charge >= 0.3 is 39.5 Å². The van der Waals surface area contributed by atoms with Crippen LogP contribution < -0.4 is 0 Å². The minimum absolute atomic E-state index is 0.102. The molecule has 0 saturated heterocycles. The number of unbranched alkanes of at least 4 members (excludes halogenated alkanes) is 31. The molecule has 17 nitrogen and oxygen atoms in total. The van der Waals surface area contributed by atoms with Crippen LogP contribution in [0.5, 0.6) is 0 Å². The van der Waals surface area contributed by atoms with E-state index in [-0.39, 0.29) is 25.7 Å². The maximum absolute atomic E-state index is 13.0. The minimum atomic E-state index is -4.95. The molecular formula is C70H136O17P2. The SMILES string of the molecule is CCC(C)CCCCCCCCCCCCC(=O)OC[C@H](COP(=O)(O)OCC(O)COP(=O)(O)OC[C@@H](COC(=O)CCCCCCCCCC(C)C)OC(=O)CCCCCCCCCCCCCCC(C)C)OC(=O)CCCCCCCCC(C)CC. The lowest BCUT2D eigenvalue weighted by atomic mass is 9.99. The third-order valence-electron chi connectivity index (χ3n) is 16.8. The molecule has 0 heterocycles. The molecule has 0 aliphatic rings. The molecule has 0 aliphatic heterocycles. The highest BCUT2D eigenvalue weighted by Crippen LogP contribution is 2.45. The van der Waals surface area contributed by atoms with Crippen LogP contribution in [0.25, 0.3) is 0 Å². The molecule has 19 heteroatoms. The fourth-order valence-corrected chi connectivity index (χ4v) is 12.0. The van der Waals surface area contributed by atoms with E-state index in [0.29, 0.717) is 31.6 Å². The minimum Gasteiger partial charge on any atom is -0.462 e. The zero-order valence-corrected chi connectivity index (χ0v) is 59.8. The highest BCUT2D eigenvalue weighted by molar-refractivity contribution is 7.47. The molecule has 0 amide bonds. The van der Waals surface area contributed by atoms with E-state index in [1.54, 1.807) is 0 Å². The second-order valence-electron chi connectivity index (χ2n) is 26.7. The summed E-state index contributed by atoms with van der Waals surface area (Å²) in [5.41, 5.74) is 0. The van der Waals surface area contributed by atoms with Crippen molar-refractivity contribution in [3.05, 3.63) is 0 Å². The zero-order chi connectivity index (χ0) is 66.1. The van der Waals surface area contributed by atoms with Crippen molar-refractivity contribution in [2.75, 3.05) is 39.6 Å².